The largest absolute Gasteiger partial charge is 0.469 e. The van der Waals surface area contributed by atoms with Gasteiger partial charge in [-0.05, 0) is 30.6 Å². The van der Waals surface area contributed by atoms with Crippen LogP contribution in [0.25, 0.3) is 10.1 Å². The minimum absolute atomic E-state index is 0.00193. The Kier molecular flexibility index (Phi) is 2.45. The lowest BCUT2D eigenvalue weighted by atomic mass is 10.3. The molecule has 4 heteroatoms. The Morgan fingerprint density at radius 2 is 2.29 bits per heavy atom. The highest BCUT2D eigenvalue weighted by Crippen LogP contribution is 2.27. The zero-order valence-corrected chi connectivity index (χ0v) is 8.50. The summed E-state index contributed by atoms with van der Waals surface area (Å²) in [5.74, 6) is 0.558. The van der Waals surface area contributed by atoms with Gasteiger partial charge < -0.3 is 4.74 Å². The number of carbonyl (C=O) groups excluding carboxylic acids is 1. The Morgan fingerprint density at radius 3 is 3.07 bits per heavy atom. The van der Waals surface area contributed by atoms with Crippen molar-refractivity contribution in [2.24, 2.45) is 0 Å². The molecule has 2 aromatic rings. The van der Waals surface area contributed by atoms with E-state index in [1.165, 1.54) is 18.5 Å². The van der Waals surface area contributed by atoms with Crippen LogP contribution in [0.15, 0.2) is 24.3 Å². The van der Waals surface area contributed by atoms with Crippen LogP contribution < -0.4 is 4.74 Å². The van der Waals surface area contributed by atoms with Gasteiger partial charge in [-0.3, -0.25) is 4.79 Å². The van der Waals surface area contributed by atoms with E-state index in [1.807, 2.05) is 24.3 Å². The average molecular weight is 207 g/mol. The van der Waals surface area contributed by atoms with Crippen molar-refractivity contribution in [3.8, 4) is 5.88 Å². The maximum Gasteiger partial charge on any atom is 0.233 e. The van der Waals surface area contributed by atoms with Gasteiger partial charge in [0.05, 0.1) is 10.1 Å². The molecule has 0 fully saturated rings. The topological polar surface area (TPSA) is 39.2 Å². The summed E-state index contributed by atoms with van der Waals surface area (Å²) < 4.78 is 10.5. The fourth-order valence-corrected chi connectivity index (χ4v) is 1.86. The van der Waals surface area contributed by atoms with Gasteiger partial charge in [0.25, 0.3) is 0 Å². The summed E-state index contributed by atoms with van der Waals surface area (Å²) in [6, 6.07) is 7.80. The normalized spacial score (nSPS) is 10.4. The Morgan fingerprint density at radius 1 is 1.50 bits per heavy atom. The molecule has 72 valence electrons. The Hall–Kier alpha value is -1.42. The van der Waals surface area contributed by atoms with Gasteiger partial charge in [0.1, 0.15) is 6.61 Å². The molecule has 1 aromatic heterocycles. The number of hydrogen-bond donors (Lipinski definition) is 0. The third-order valence-electron chi connectivity index (χ3n) is 1.76. The van der Waals surface area contributed by atoms with Crippen molar-refractivity contribution in [1.29, 1.82) is 0 Å². The van der Waals surface area contributed by atoms with Gasteiger partial charge in [0.2, 0.25) is 5.88 Å². The number of aromatic nitrogens is 1. The molecule has 0 aliphatic heterocycles. The van der Waals surface area contributed by atoms with Crippen LogP contribution >= 0.6 is 11.5 Å². The summed E-state index contributed by atoms with van der Waals surface area (Å²) in [5, 5.41) is 0.971. The third-order valence-corrected chi connectivity index (χ3v) is 2.57. The Balaban J connectivity index is 2.29. The van der Waals surface area contributed by atoms with Gasteiger partial charge in [0, 0.05) is 0 Å². The molecule has 1 heterocycles. The maximum atomic E-state index is 10.7. The van der Waals surface area contributed by atoms with Crippen LogP contribution in [0, 0.1) is 0 Å². The van der Waals surface area contributed by atoms with Gasteiger partial charge in [0.15, 0.2) is 5.78 Å². The molecule has 2 rings (SSSR count). The average Bonchev–Trinajstić information content (AvgIpc) is 2.58. The van der Waals surface area contributed by atoms with E-state index < -0.39 is 0 Å². The van der Waals surface area contributed by atoms with E-state index in [9.17, 15) is 4.79 Å². The van der Waals surface area contributed by atoms with Gasteiger partial charge in [-0.2, -0.15) is 4.37 Å². The van der Waals surface area contributed by atoms with Crippen LogP contribution in [0.1, 0.15) is 6.92 Å². The summed E-state index contributed by atoms with van der Waals surface area (Å²) in [6.07, 6.45) is 0. The molecule has 0 spiro atoms. The van der Waals surface area contributed by atoms with E-state index in [2.05, 4.69) is 4.37 Å². The van der Waals surface area contributed by atoms with Crippen molar-refractivity contribution >= 4 is 27.4 Å². The number of ether oxygens (including phenoxy) is 1. The van der Waals surface area contributed by atoms with E-state index in [0.29, 0.717) is 5.88 Å². The molecule has 0 aliphatic rings. The first-order valence-electron chi connectivity index (χ1n) is 4.24. The van der Waals surface area contributed by atoms with Crippen LogP contribution in [-0.2, 0) is 4.79 Å². The lowest BCUT2D eigenvalue weighted by molar-refractivity contribution is -0.118. The summed E-state index contributed by atoms with van der Waals surface area (Å²) >= 11 is 1.38. The molecule has 14 heavy (non-hydrogen) atoms. The number of Topliss-reactive ketones (excluding diaryl/α,β-unsaturated/α-hetero) is 1. The highest BCUT2D eigenvalue weighted by molar-refractivity contribution is 7.13. The monoisotopic (exact) mass is 207 g/mol. The van der Waals surface area contributed by atoms with Gasteiger partial charge in [-0.25, -0.2) is 0 Å². The van der Waals surface area contributed by atoms with Crippen LogP contribution in [-0.4, -0.2) is 16.8 Å². The van der Waals surface area contributed by atoms with Gasteiger partial charge >= 0.3 is 0 Å². The fraction of sp³-hybridized carbons (Fsp3) is 0.200. The summed E-state index contributed by atoms with van der Waals surface area (Å²) in [5.41, 5.74) is 0. The fourth-order valence-electron chi connectivity index (χ4n) is 1.14. The van der Waals surface area contributed by atoms with E-state index in [4.69, 9.17) is 4.74 Å². The van der Waals surface area contributed by atoms with Crippen molar-refractivity contribution < 1.29 is 9.53 Å². The molecule has 3 nitrogen and oxygen atoms in total. The summed E-state index contributed by atoms with van der Waals surface area (Å²) in [6.45, 7) is 1.59. The standard InChI is InChI=1S/C10H9NO2S/c1-7(12)6-13-10-8-4-2-3-5-9(8)14-11-10/h2-5H,6H2,1H3. The molecule has 0 N–H and O–H groups in total. The first-order valence-corrected chi connectivity index (χ1v) is 5.01. The van der Waals surface area contributed by atoms with Crippen molar-refractivity contribution in [2.75, 3.05) is 6.61 Å². The number of rotatable bonds is 3. The van der Waals surface area contributed by atoms with Crippen LogP contribution in [0.4, 0.5) is 0 Å². The predicted molar refractivity (Wildman–Crippen MR) is 55.8 cm³/mol. The van der Waals surface area contributed by atoms with E-state index in [0.717, 1.165) is 10.1 Å². The van der Waals surface area contributed by atoms with E-state index in [-0.39, 0.29) is 12.4 Å². The molecule has 0 atom stereocenters. The Bertz CT molecular complexity index is 464. The number of ketones is 1. The number of fused-ring (bicyclic) bond motifs is 1. The molecule has 0 amide bonds. The van der Waals surface area contributed by atoms with Crippen molar-refractivity contribution in [2.45, 2.75) is 6.92 Å². The smallest absolute Gasteiger partial charge is 0.233 e. The first kappa shape index (κ1) is 9.15. The second-order valence-corrected chi connectivity index (χ2v) is 3.78. The van der Waals surface area contributed by atoms with Gasteiger partial charge in [-0.1, -0.05) is 12.1 Å². The van der Waals surface area contributed by atoms with Crippen molar-refractivity contribution in [3.63, 3.8) is 0 Å². The highest BCUT2D eigenvalue weighted by atomic mass is 32.1. The summed E-state index contributed by atoms with van der Waals surface area (Å²) in [4.78, 5) is 10.7. The quantitative estimate of drug-likeness (QED) is 0.775. The molecule has 1 aromatic carbocycles. The Labute approximate surface area is 85.5 Å². The second-order valence-electron chi connectivity index (χ2n) is 2.97. The molecule has 0 radical (unpaired) electrons. The van der Waals surface area contributed by atoms with Gasteiger partial charge in [-0.15, -0.1) is 0 Å². The molecule has 0 aliphatic carbocycles. The molecule has 0 saturated heterocycles. The lowest BCUT2D eigenvalue weighted by Gasteiger charge is -1.98. The minimum atomic E-state index is 0.00193. The maximum absolute atomic E-state index is 10.7. The zero-order chi connectivity index (χ0) is 9.97. The number of hydrogen-bond acceptors (Lipinski definition) is 4. The lowest BCUT2D eigenvalue weighted by Crippen LogP contribution is -2.06. The zero-order valence-electron chi connectivity index (χ0n) is 7.69. The summed E-state index contributed by atoms with van der Waals surface area (Å²) in [7, 11) is 0. The second kappa shape index (κ2) is 3.75. The van der Waals surface area contributed by atoms with Crippen LogP contribution in [0.2, 0.25) is 0 Å². The number of benzene rings is 1. The first-order chi connectivity index (χ1) is 6.77. The highest BCUT2D eigenvalue weighted by Gasteiger charge is 2.06. The van der Waals surface area contributed by atoms with Crippen LogP contribution in [0.3, 0.4) is 0 Å². The third kappa shape index (κ3) is 1.75. The molecular weight excluding hydrogens is 198 g/mol. The molecular formula is C10H9NO2S. The number of nitrogens with zero attached hydrogens (tertiary/aromatic N) is 1. The predicted octanol–water partition coefficient (Wildman–Crippen LogP) is 2.26. The van der Waals surface area contributed by atoms with Crippen molar-refractivity contribution in [1.82, 2.24) is 4.37 Å². The SMILES string of the molecule is CC(=O)COc1nsc2ccccc12. The van der Waals surface area contributed by atoms with E-state index >= 15 is 0 Å². The van der Waals surface area contributed by atoms with E-state index in [1.54, 1.807) is 0 Å². The minimum Gasteiger partial charge on any atom is -0.469 e. The molecule has 0 unspecified atom stereocenters. The number of carbonyl (C=O) groups is 1. The van der Waals surface area contributed by atoms with Crippen LogP contribution in [0.5, 0.6) is 5.88 Å². The van der Waals surface area contributed by atoms with Crippen molar-refractivity contribution in [3.05, 3.63) is 24.3 Å². The molecule has 0 saturated carbocycles. The molecule has 0 bridgehead atoms.